The maximum absolute atomic E-state index is 13.3. The largest absolute Gasteiger partial charge is 0.340 e. The summed E-state index contributed by atoms with van der Waals surface area (Å²) in [5.74, 6) is -0.0133. The molecule has 1 aromatic heterocycles. The van der Waals surface area contributed by atoms with Gasteiger partial charge in [-0.05, 0) is 37.1 Å². The molecule has 134 valence electrons. The van der Waals surface area contributed by atoms with Crippen LogP contribution < -0.4 is 0 Å². The molecule has 2 heterocycles. The number of halogens is 1. The van der Waals surface area contributed by atoms with Gasteiger partial charge in [-0.25, -0.2) is 4.39 Å². The summed E-state index contributed by atoms with van der Waals surface area (Å²) in [7, 11) is 0. The van der Waals surface area contributed by atoms with Crippen molar-refractivity contribution in [2.24, 2.45) is 0 Å². The van der Waals surface area contributed by atoms with Gasteiger partial charge in [-0.15, -0.1) is 0 Å². The van der Waals surface area contributed by atoms with Gasteiger partial charge in [0.05, 0.1) is 5.69 Å². The van der Waals surface area contributed by atoms with Crippen molar-refractivity contribution in [1.29, 1.82) is 0 Å². The van der Waals surface area contributed by atoms with Crippen molar-refractivity contribution in [2.75, 3.05) is 26.2 Å². The summed E-state index contributed by atoms with van der Waals surface area (Å²) < 4.78 is 13.3. The van der Waals surface area contributed by atoms with Gasteiger partial charge in [0.25, 0.3) is 0 Å². The SMILES string of the molecule is Cc1[nH]nc(CCC(=O)N2CCN(Cc3cccc(F)c3)CC2)c1C. The molecule has 0 spiro atoms. The summed E-state index contributed by atoms with van der Waals surface area (Å²) in [5, 5.41) is 7.23. The van der Waals surface area contributed by atoms with Gasteiger partial charge in [0.1, 0.15) is 5.82 Å². The summed E-state index contributed by atoms with van der Waals surface area (Å²) >= 11 is 0. The van der Waals surface area contributed by atoms with Gasteiger partial charge < -0.3 is 4.90 Å². The molecule has 5 nitrogen and oxygen atoms in total. The smallest absolute Gasteiger partial charge is 0.223 e. The van der Waals surface area contributed by atoms with Crippen LogP contribution >= 0.6 is 0 Å². The minimum absolute atomic E-state index is 0.186. The lowest BCUT2D eigenvalue weighted by atomic mass is 10.1. The molecule has 1 N–H and O–H groups in total. The van der Waals surface area contributed by atoms with Crippen LogP contribution in [0.15, 0.2) is 24.3 Å². The molecule has 2 aromatic rings. The predicted molar refractivity (Wildman–Crippen MR) is 94.6 cm³/mol. The first-order valence-corrected chi connectivity index (χ1v) is 8.78. The van der Waals surface area contributed by atoms with Crippen molar-refractivity contribution >= 4 is 5.91 Å². The molecule has 1 aromatic carbocycles. The molecule has 1 aliphatic rings. The Hall–Kier alpha value is -2.21. The van der Waals surface area contributed by atoms with E-state index in [0.29, 0.717) is 12.8 Å². The quantitative estimate of drug-likeness (QED) is 0.906. The number of carbonyl (C=O) groups is 1. The molecule has 1 aliphatic heterocycles. The van der Waals surface area contributed by atoms with Gasteiger partial charge >= 0.3 is 0 Å². The number of piperazine rings is 1. The highest BCUT2D eigenvalue weighted by molar-refractivity contribution is 5.76. The molecule has 0 atom stereocenters. The zero-order chi connectivity index (χ0) is 17.8. The molecule has 6 heteroatoms. The lowest BCUT2D eigenvalue weighted by Gasteiger charge is -2.34. The van der Waals surface area contributed by atoms with E-state index in [-0.39, 0.29) is 11.7 Å². The predicted octanol–water partition coefficient (Wildman–Crippen LogP) is 2.44. The fourth-order valence-corrected chi connectivity index (χ4v) is 3.21. The van der Waals surface area contributed by atoms with E-state index < -0.39 is 0 Å². The zero-order valence-corrected chi connectivity index (χ0v) is 14.9. The van der Waals surface area contributed by atoms with Crippen LogP contribution in [-0.2, 0) is 17.8 Å². The fraction of sp³-hybridized carbons (Fsp3) is 0.474. The van der Waals surface area contributed by atoms with Crippen LogP contribution in [0.3, 0.4) is 0 Å². The number of benzene rings is 1. The second-order valence-electron chi connectivity index (χ2n) is 6.71. The molecule has 0 aliphatic carbocycles. The molecule has 0 radical (unpaired) electrons. The van der Waals surface area contributed by atoms with E-state index >= 15 is 0 Å². The third kappa shape index (κ3) is 4.45. The number of aromatic nitrogens is 2. The molecular formula is C19H25FN4O. The lowest BCUT2D eigenvalue weighted by Crippen LogP contribution is -2.48. The standard InChI is InChI=1S/C19H25FN4O/c1-14-15(2)21-22-18(14)6-7-19(25)24-10-8-23(9-11-24)13-16-4-3-5-17(20)12-16/h3-5,12H,6-11,13H2,1-2H3,(H,21,22). The van der Waals surface area contributed by atoms with Crippen LogP contribution in [-0.4, -0.2) is 52.1 Å². The Balaban J connectivity index is 1.45. The van der Waals surface area contributed by atoms with Crippen molar-refractivity contribution in [3.8, 4) is 0 Å². The molecule has 25 heavy (non-hydrogen) atoms. The third-order valence-electron chi connectivity index (χ3n) is 4.95. The Morgan fingerprint density at radius 2 is 2.00 bits per heavy atom. The van der Waals surface area contributed by atoms with Gasteiger partial charge in [-0.3, -0.25) is 14.8 Å². The number of rotatable bonds is 5. The highest BCUT2D eigenvalue weighted by atomic mass is 19.1. The summed E-state index contributed by atoms with van der Waals surface area (Å²) in [6.07, 6.45) is 1.17. The van der Waals surface area contributed by atoms with Gasteiger partial charge in [0, 0.05) is 51.3 Å². The van der Waals surface area contributed by atoms with Crippen LogP contribution in [0.5, 0.6) is 0 Å². The van der Waals surface area contributed by atoms with Crippen LogP contribution in [0.4, 0.5) is 4.39 Å². The van der Waals surface area contributed by atoms with E-state index in [1.54, 1.807) is 12.1 Å². The monoisotopic (exact) mass is 344 g/mol. The van der Waals surface area contributed by atoms with Gasteiger partial charge in [-0.1, -0.05) is 12.1 Å². The Labute approximate surface area is 147 Å². The van der Waals surface area contributed by atoms with Gasteiger partial charge in [0.15, 0.2) is 0 Å². The summed E-state index contributed by atoms with van der Waals surface area (Å²) in [6, 6.07) is 6.71. The molecule has 0 bridgehead atoms. The normalized spacial score (nSPS) is 15.6. The number of nitrogens with zero attached hydrogens (tertiary/aromatic N) is 3. The average molecular weight is 344 g/mol. The van der Waals surface area contributed by atoms with E-state index in [9.17, 15) is 9.18 Å². The maximum atomic E-state index is 13.3. The summed E-state index contributed by atoms with van der Waals surface area (Å²) in [6.45, 7) is 7.85. The van der Waals surface area contributed by atoms with E-state index in [0.717, 1.165) is 55.2 Å². The number of carbonyl (C=O) groups excluding carboxylic acids is 1. The minimum Gasteiger partial charge on any atom is -0.340 e. The maximum Gasteiger partial charge on any atom is 0.223 e. The van der Waals surface area contributed by atoms with Crippen molar-refractivity contribution in [1.82, 2.24) is 20.0 Å². The molecule has 1 fully saturated rings. The topological polar surface area (TPSA) is 52.2 Å². The van der Waals surface area contributed by atoms with Crippen LogP contribution in [0.25, 0.3) is 0 Å². The van der Waals surface area contributed by atoms with Crippen molar-refractivity contribution in [2.45, 2.75) is 33.2 Å². The molecule has 3 rings (SSSR count). The lowest BCUT2D eigenvalue weighted by molar-refractivity contribution is -0.133. The van der Waals surface area contributed by atoms with Crippen molar-refractivity contribution in [3.05, 3.63) is 52.6 Å². The zero-order valence-electron chi connectivity index (χ0n) is 14.9. The molecule has 0 unspecified atom stereocenters. The number of amides is 1. The first-order chi connectivity index (χ1) is 12.0. The van der Waals surface area contributed by atoms with E-state index in [1.807, 2.05) is 24.8 Å². The van der Waals surface area contributed by atoms with E-state index in [4.69, 9.17) is 0 Å². The van der Waals surface area contributed by atoms with E-state index in [2.05, 4.69) is 15.1 Å². The van der Waals surface area contributed by atoms with Crippen LogP contribution in [0.1, 0.15) is 28.9 Å². The first-order valence-electron chi connectivity index (χ1n) is 8.78. The molecule has 1 amide bonds. The number of hydrogen-bond donors (Lipinski definition) is 1. The fourth-order valence-electron chi connectivity index (χ4n) is 3.21. The number of nitrogens with one attached hydrogen (secondary N) is 1. The molecular weight excluding hydrogens is 319 g/mol. The molecule has 0 saturated carbocycles. The Morgan fingerprint density at radius 3 is 2.64 bits per heavy atom. The highest BCUT2D eigenvalue weighted by Crippen LogP contribution is 2.13. The number of aromatic amines is 1. The highest BCUT2D eigenvalue weighted by Gasteiger charge is 2.21. The number of H-pyrrole nitrogens is 1. The number of aryl methyl sites for hydroxylation is 2. The Morgan fingerprint density at radius 1 is 1.24 bits per heavy atom. The Kier molecular flexibility index (Phi) is 5.48. The Bertz CT molecular complexity index is 735. The molecule has 1 saturated heterocycles. The number of hydrogen-bond acceptors (Lipinski definition) is 3. The van der Waals surface area contributed by atoms with Gasteiger partial charge in [0.2, 0.25) is 5.91 Å². The van der Waals surface area contributed by atoms with Crippen LogP contribution in [0.2, 0.25) is 0 Å². The second-order valence-corrected chi connectivity index (χ2v) is 6.71. The summed E-state index contributed by atoms with van der Waals surface area (Å²) in [4.78, 5) is 16.6. The first kappa shape index (κ1) is 17.6. The third-order valence-corrected chi connectivity index (χ3v) is 4.95. The van der Waals surface area contributed by atoms with Crippen LogP contribution in [0, 0.1) is 19.7 Å². The second kappa shape index (κ2) is 7.78. The van der Waals surface area contributed by atoms with Crippen molar-refractivity contribution in [3.63, 3.8) is 0 Å². The van der Waals surface area contributed by atoms with Gasteiger partial charge in [-0.2, -0.15) is 5.10 Å². The average Bonchev–Trinajstić information content (AvgIpc) is 2.92. The minimum atomic E-state index is -0.199. The van der Waals surface area contributed by atoms with E-state index in [1.165, 1.54) is 6.07 Å². The summed E-state index contributed by atoms with van der Waals surface area (Å²) in [5.41, 5.74) is 4.17. The van der Waals surface area contributed by atoms with Crippen molar-refractivity contribution < 1.29 is 9.18 Å².